The molecular formula is C13H17BrN2O4S. The molecule has 1 fully saturated rings. The van der Waals surface area contributed by atoms with Gasteiger partial charge < -0.3 is 9.47 Å². The molecule has 0 radical (unpaired) electrons. The van der Waals surface area contributed by atoms with E-state index in [0.717, 1.165) is 27.8 Å². The molecule has 2 heterocycles. The van der Waals surface area contributed by atoms with Gasteiger partial charge in [0, 0.05) is 36.1 Å². The molecule has 0 amide bonds. The summed E-state index contributed by atoms with van der Waals surface area (Å²) in [5.41, 5.74) is 1.97. The second-order valence-corrected chi connectivity index (χ2v) is 7.66. The van der Waals surface area contributed by atoms with Gasteiger partial charge in [0.05, 0.1) is 19.8 Å². The lowest BCUT2D eigenvalue weighted by Gasteiger charge is -2.26. The molecule has 0 unspecified atom stereocenters. The maximum atomic E-state index is 12.3. The SMILES string of the molecule is O=S(=O)(NCc1cc(Br)cc2c1OCC2)N1CCOCC1. The number of benzene rings is 1. The largest absolute Gasteiger partial charge is 0.493 e. The van der Waals surface area contributed by atoms with E-state index in [2.05, 4.69) is 20.7 Å². The zero-order valence-electron chi connectivity index (χ0n) is 11.5. The molecule has 0 aromatic heterocycles. The lowest BCUT2D eigenvalue weighted by atomic mass is 10.1. The van der Waals surface area contributed by atoms with E-state index in [1.165, 1.54) is 4.31 Å². The monoisotopic (exact) mass is 376 g/mol. The highest BCUT2D eigenvalue weighted by Crippen LogP contribution is 2.33. The predicted octanol–water partition coefficient (Wildman–Crippen LogP) is 1.05. The van der Waals surface area contributed by atoms with E-state index in [-0.39, 0.29) is 6.54 Å². The predicted molar refractivity (Wildman–Crippen MR) is 81.5 cm³/mol. The Kier molecular flexibility index (Phi) is 4.51. The average molecular weight is 377 g/mol. The molecule has 1 aromatic carbocycles. The van der Waals surface area contributed by atoms with Crippen LogP contribution in [0.5, 0.6) is 5.75 Å². The first-order valence-electron chi connectivity index (χ1n) is 6.83. The van der Waals surface area contributed by atoms with Gasteiger partial charge in [-0.05, 0) is 17.7 Å². The number of hydrogen-bond donors (Lipinski definition) is 1. The topological polar surface area (TPSA) is 67.9 Å². The molecule has 1 aromatic rings. The van der Waals surface area contributed by atoms with Gasteiger partial charge in [-0.1, -0.05) is 15.9 Å². The van der Waals surface area contributed by atoms with Crippen LogP contribution in [0, 0.1) is 0 Å². The molecule has 0 atom stereocenters. The fourth-order valence-corrected chi connectivity index (χ4v) is 4.23. The first-order chi connectivity index (χ1) is 10.1. The van der Waals surface area contributed by atoms with Gasteiger partial charge in [0.25, 0.3) is 10.2 Å². The highest BCUT2D eigenvalue weighted by Gasteiger charge is 2.25. The maximum Gasteiger partial charge on any atom is 0.279 e. The Balaban J connectivity index is 1.73. The molecule has 8 heteroatoms. The summed E-state index contributed by atoms with van der Waals surface area (Å²) in [4.78, 5) is 0. The lowest BCUT2D eigenvalue weighted by Crippen LogP contribution is -2.46. The van der Waals surface area contributed by atoms with Crippen LogP contribution >= 0.6 is 15.9 Å². The van der Waals surface area contributed by atoms with Crippen molar-refractivity contribution in [1.29, 1.82) is 0 Å². The molecular weight excluding hydrogens is 360 g/mol. The van der Waals surface area contributed by atoms with Crippen LogP contribution in [0.25, 0.3) is 0 Å². The van der Waals surface area contributed by atoms with Gasteiger partial charge in [-0.15, -0.1) is 0 Å². The normalized spacial score (nSPS) is 19.3. The van der Waals surface area contributed by atoms with Gasteiger partial charge in [-0.3, -0.25) is 0 Å². The zero-order valence-corrected chi connectivity index (χ0v) is 13.9. The van der Waals surface area contributed by atoms with E-state index in [4.69, 9.17) is 9.47 Å². The Bertz CT molecular complexity index is 629. The standard InChI is InChI=1S/C13H17BrN2O4S/c14-12-7-10-1-4-20-13(10)11(8-12)9-15-21(17,18)16-2-5-19-6-3-16/h7-8,15H,1-6,9H2. The third-order valence-corrected chi connectivity index (χ3v) is 5.59. The Hall–Kier alpha value is -0.670. The molecule has 6 nitrogen and oxygen atoms in total. The van der Waals surface area contributed by atoms with E-state index in [9.17, 15) is 8.42 Å². The highest BCUT2D eigenvalue weighted by molar-refractivity contribution is 9.10. The molecule has 116 valence electrons. The van der Waals surface area contributed by atoms with Crippen LogP contribution in [0.15, 0.2) is 16.6 Å². The summed E-state index contributed by atoms with van der Waals surface area (Å²) in [7, 11) is -3.48. The van der Waals surface area contributed by atoms with Crippen LogP contribution in [0.2, 0.25) is 0 Å². The number of rotatable bonds is 4. The number of ether oxygens (including phenoxy) is 2. The van der Waals surface area contributed by atoms with E-state index < -0.39 is 10.2 Å². The number of hydrogen-bond acceptors (Lipinski definition) is 4. The quantitative estimate of drug-likeness (QED) is 0.852. The first-order valence-corrected chi connectivity index (χ1v) is 9.06. The smallest absolute Gasteiger partial charge is 0.279 e. The van der Waals surface area contributed by atoms with Crippen molar-refractivity contribution in [2.75, 3.05) is 32.9 Å². The average Bonchev–Trinajstić information content (AvgIpc) is 2.94. The number of halogens is 1. The van der Waals surface area contributed by atoms with Crippen molar-refractivity contribution in [3.63, 3.8) is 0 Å². The molecule has 21 heavy (non-hydrogen) atoms. The van der Waals surface area contributed by atoms with E-state index >= 15 is 0 Å². The van der Waals surface area contributed by atoms with Crippen LogP contribution in [0.1, 0.15) is 11.1 Å². The van der Waals surface area contributed by atoms with Gasteiger partial charge in [-0.2, -0.15) is 17.4 Å². The van der Waals surface area contributed by atoms with Gasteiger partial charge in [-0.25, -0.2) is 0 Å². The first kappa shape index (κ1) is 15.2. The molecule has 0 spiro atoms. The number of nitrogens with one attached hydrogen (secondary N) is 1. The van der Waals surface area contributed by atoms with Crippen LogP contribution in [-0.2, 0) is 27.9 Å². The molecule has 0 bridgehead atoms. The van der Waals surface area contributed by atoms with Gasteiger partial charge in [0.1, 0.15) is 5.75 Å². The molecule has 3 rings (SSSR count). The van der Waals surface area contributed by atoms with E-state index in [0.29, 0.717) is 32.9 Å². The third kappa shape index (κ3) is 3.40. The summed E-state index contributed by atoms with van der Waals surface area (Å²) in [6, 6.07) is 3.91. The van der Waals surface area contributed by atoms with Crippen molar-refractivity contribution in [1.82, 2.24) is 9.03 Å². The van der Waals surface area contributed by atoms with Crippen molar-refractivity contribution in [2.24, 2.45) is 0 Å². The van der Waals surface area contributed by atoms with E-state index in [1.54, 1.807) is 0 Å². The zero-order chi connectivity index (χ0) is 14.9. The second kappa shape index (κ2) is 6.21. The van der Waals surface area contributed by atoms with Gasteiger partial charge in [0.15, 0.2) is 0 Å². The van der Waals surface area contributed by atoms with Crippen molar-refractivity contribution in [3.8, 4) is 5.75 Å². The molecule has 2 aliphatic rings. The fourth-order valence-electron chi connectivity index (χ4n) is 2.52. The summed E-state index contributed by atoms with van der Waals surface area (Å²) in [5.74, 6) is 0.808. The maximum absolute atomic E-state index is 12.3. The number of nitrogens with zero attached hydrogens (tertiary/aromatic N) is 1. The Morgan fingerprint density at radius 3 is 2.76 bits per heavy atom. The Morgan fingerprint density at radius 1 is 1.24 bits per heavy atom. The van der Waals surface area contributed by atoms with Crippen molar-refractivity contribution in [2.45, 2.75) is 13.0 Å². The van der Waals surface area contributed by atoms with Crippen molar-refractivity contribution >= 4 is 26.1 Å². The van der Waals surface area contributed by atoms with Crippen LogP contribution in [-0.4, -0.2) is 45.6 Å². The summed E-state index contributed by atoms with van der Waals surface area (Å²) in [6.07, 6.45) is 0.859. The number of fused-ring (bicyclic) bond motifs is 1. The molecule has 2 aliphatic heterocycles. The third-order valence-electron chi connectivity index (χ3n) is 3.58. The van der Waals surface area contributed by atoms with Crippen molar-refractivity contribution < 1.29 is 17.9 Å². The van der Waals surface area contributed by atoms with Gasteiger partial charge in [0.2, 0.25) is 0 Å². The van der Waals surface area contributed by atoms with Crippen molar-refractivity contribution in [3.05, 3.63) is 27.7 Å². The minimum absolute atomic E-state index is 0.224. The van der Waals surface area contributed by atoms with Crippen LogP contribution < -0.4 is 9.46 Å². The van der Waals surface area contributed by atoms with Crippen LogP contribution in [0.4, 0.5) is 0 Å². The highest BCUT2D eigenvalue weighted by atomic mass is 79.9. The minimum Gasteiger partial charge on any atom is -0.493 e. The second-order valence-electron chi connectivity index (χ2n) is 4.99. The fraction of sp³-hybridized carbons (Fsp3) is 0.538. The molecule has 0 aliphatic carbocycles. The van der Waals surface area contributed by atoms with E-state index in [1.807, 2.05) is 12.1 Å². The number of morpholine rings is 1. The summed E-state index contributed by atoms with van der Waals surface area (Å²) in [6.45, 7) is 2.54. The summed E-state index contributed by atoms with van der Waals surface area (Å²) >= 11 is 3.45. The molecule has 0 saturated carbocycles. The van der Waals surface area contributed by atoms with Gasteiger partial charge >= 0.3 is 0 Å². The lowest BCUT2D eigenvalue weighted by molar-refractivity contribution is 0.0724. The Morgan fingerprint density at radius 2 is 2.00 bits per heavy atom. The molecule has 1 N–H and O–H groups in total. The van der Waals surface area contributed by atoms with Crippen LogP contribution in [0.3, 0.4) is 0 Å². The summed E-state index contributed by atoms with van der Waals surface area (Å²) in [5, 5.41) is 0. The molecule has 1 saturated heterocycles. The summed E-state index contributed by atoms with van der Waals surface area (Å²) < 4.78 is 40.3. The minimum atomic E-state index is -3.48. The Labute approximate surface area is 132 Å².